The van der Waals surface area contributed by atoms with Crippen molar-refractivity contribution < 1.29 is 5.11 Å². The molecule has 0 atom stereocenters. The van der Waals surface area contributed by atoms with E-state index in [0.29, 0.717) is 0 Å². The first-order valence-corrected chi connectivity index (χ1v) is 7.85. The molecule has 0 spiro atoms. The van der Waals surface area contributed by atoms with E-state index in [0.717, 1.165) is 26.7 Å². The lowest BCUT2D eigenvalue weighted by atomic mass is 9.95. The number of hydrogen-bond donors (Lipinski definition) is 1. The Morgan fingerprint density at radius 1 is 0.591 bits per heavy atom. The van der Waals surface area contributed by atoms with E-state index in [9.17, 15) is 5.11 Å². The van der Waals surface area contributed by atoms with E-state index in [1.807, 2.05) is 48.5 Å². The number of rotatable bonds is 3. The van der Waals surface area contributed by atoms with Gasteiger partial charge in [0.05, 0.1) is 0 Å². The van der Waals surface area contributed by atoms with Crippen molar-refractivity contribution in [2.75, 3.05) is 0 Å². The number of phenolic OH excluding ortho intramolecular Hbond substituents is 1. The van der Waals surface area contributed by atoms with Crippen molar-refractivity contribution in [3.05, 3.63) is 102 Å². The lowest BCUT2D eigenvalue weighted by molar-refractivity contribution is 0.475. The monoisotopic (exact) mass is 350 g/mol. The highest BCUT2D eigenvalue weighted by Crippen LogP contribution is 2.36. The van der Waals surface area contributed by atoms with Gasteiger partial charge in [0.25, 0.3) is 0 Å². The average Bonchev–Trinajstić information content (AvgIpc) is 2.58. The van der Waals surface area contributed by atoms with E-state index in [2.05, 4.69) is 40.2 Å². The molecule has 2 heteroatoms. The summed E-state index contributed by atoms with van der Waals surface area (Å²) < 4.78 is 1.03. The van der Waals surface area contributed by atoms with Gasteiger partial charge in [-0.05, 0) is 44.8 Å². The van der Waals surface area contributed by atoms with Gasteiger partial charge in [-0.25, -0.2) is 0 Å². The normalized spacial score (nSPS) is 11.9. The molecule has 108 valence electrons. The summed E-state index contributed by atoms with van der Waals surface area (Å²) in [7, 11) is 0. The summed E-state index contributed by atoms with van der Waals surface area (Å²) in [5.41, 5.74) is 4.41. The third-order valence-corrected chi connectivity index (χ3v) is 4.32. The fourth-order valence-electron chi connectivity index (χ4n) is 2.38. The van der Waals surface area contributed by atoms with Crippen LogP contribution in [0.2, 0.25) is 0 Å². The van der Waals surface area contributed by atoms with Gasteiger partial charge in [0.2, 0.25) is 0 Å². The zero-order valence-corrected chi connectivity index (χ0v) is 13.5. The summed E-state index contributed by atoms with van der Waals surface area (Å²) in [4.78, 5) is 0. The molecule has 3 rings (SSSR count). The third kappa shape index (κ3) is 3.12. The van der Waals surface area contributed by atoms with Gasteiger partial charge in [-0.3, -0.25) is 0 Å². The van der Waals surface area contributed by atoms with Gasteiger partial charge in [0.15, 0.2) is 0 Å². The predicted octanol–water partition coefficient (Wildman–Crippen LogP) is 5.70. The Balaban J connectivity index is 2.21. The standard InChI is InChI=1S/C20H15BrO/c21-20(17-9-5-2-6-10-17)19(15-7-3-1-4-8-15)16-11-13-18(22)14-12-16/h1-14,22H/b20-19+. The van der Waals surface area contributed by atoms with E-state index in [1.165, 1.54) is 0 Å². The molecule has 0 bridgehead atoms. The molecule has 3 aromatic rings. The molecule has 1 N–H and O–H groups in total. The molecular weight excluding hydrogens is 336 g/mol. The molecule has 0 fully saturated rings. The molecule has 0 heterocycles. The van der Waals surface area contributed by atoms with E-state index >= 15 is 0 Å². The summed E-state index contributed by atoms with van der Waals surface area (Å²) in [5, 5.41) is 9.54. The minimum Gasteiger partial charge on any atom is -0.508 e. The molecule has 3 aromatic carbocycles. The second-order valence-electron chi connectivity index (χ2n) is 4.97. The lowest BCUT2D eigenvalue weighted by Gasteiger charge is -2.13. The first-order valence-electron chi connectivity index (χ1n) is 7.06. The highest BCUT2D eigenvalue weighted by atomic mass is 79.9. The minimum atomic E-state index is 0.270. The highest BCUT2D eigenvalue weighted by Gasteiger charge is 2.11. The summed E-state index contributed by atoms with van der Waals surface area (Å²) in [5.74, 6) is 0.270. The molecular formula is C20H15BrO. The summed E-state index contributed by atoms with van der Waals surface area (Å²) in [6.45, 7) is 0. The van der Waals surface area contributed by atoms with Crippen LogP contribution in [0.1, 0.15) is 16.7 Å². The van der Waals surface area contributed by atoms with E-state index in [-0.39, 0.29) is 5.75 Å². The number of benzene rings is 3. The molecule has 0 unspecified atom stereocenters. The largest absolute Gasteiger partial charge is 0.508 e. The fraction of sp³-hybridized carbons (Fsp3) is 0. The Morgan fingerprint density at radius 3 is 1.59 bits per heavy atom. The number of halogens is 1. The first-order chi connectivity index (χ1) is 10.8. The maximum Gasteiger partial charge on any atom is 0.115 e. The van der Waals surface area contributed by atoms with Gasteiger partial charge >= 0.3 is 0 Å². The second-order valence-corrected chi connectivity index (χ2v) is 5.76. The smallest absolute Gasteiger partial charge is 0.115 e. The molecule has 0 aliphatic carbocycles. The van der Waals surface area contributed by atoms with Crippen molar-refractivity contribution in [2.24, 2.45) is 0 Å². The SMILES string of the molecule is Oc1ccc(/C(=C(/Br)c2ccccc2)c2ccccc2)cc1. The Labute approximate surface area is 138 Å². The van der Waals surface area contributed by atoms with Gasteiger partial charge in [-0.2, -0.15) is 0 Å². The van der Waals surface area contributed by atoms with Gasteiger partial charge in [0, 0.05) is 10.1 Å². The van der Waals surface area contributed by atoms with E-state index in [4.69, 9.17) is 0 Å². The van der Waals surface area contributed by atoms with Crippen LogP contribution >= 0.6 is 15.9 Å². The van der Waals surface area contributed by atoms with Crippen LogP contribution in [-0.2, 0) is 0 Å². The van der Waals surface area contributed by atoms with Gasteiger partial charge in [-0.1, -0.05) is 72.8 Å². The van der Waals surface area contributed by atoms with Crippen molar-refractivity contribution in [1.82, 2.24) is 0 Å². The van der Waals surface area contributed by atoms with Gasteiger partial charge in [-0.15, -0.1) is 0 Å². The molecule has 0 amide bonds. The molecule has 0 aliphatic rings. The molecule has 22 heavy (non-hydrogen) atoms. The quantitative estimate of drug-likeness (QED) is 0.600. The van der Waals surface area contributed by atoms with E-state index in [1.54, 1.807) is 12.1 Å². The van der Waals surface area contributed by atoms with Crippen LogP contribution in [0.4, 0.5) is 0 Å². The molecule has 0 saturated heterocycles. The van der Waals surface area contributed by atoms with Crippen molar-refractivity contribution in [1.29, 1.82) is 0 Å². The molecule has 0 aliphatic heterocycles. The van der Waals surface area contributed by atoms with Crippen LogP contribution in [-0.4, -0.2) is 5.11 Å². The minimum absolute atomic E-state index is 0.270. The Hall–Kier alpha value is -2.32. The molecule has 0 saturated carbocycles. The van der Waals surface area contributed by atoms with Crippen molar-refractivity contribution in [3.8, 4) is 5.75 Å². The molecule has 0 aromatic heterocycles. The van der Waals surface area contributed by atoms with Crippen LogP contribution in [0.25, 0.3) is 10.1 Å². The van der Waals surface area contributed by atoms with Crippen LogP contribution in [0.15, 0.2) is 84.9 Å². The molecule has 1 nitrogen and oxygen atoms in total. The number of phenols is 1. The first kappa shape index (κ1) is 14.6. The van der Waals surface area contributed by atoms with Crippen LogP contribution in [0, 0.1) is 0 Å². The zero-order valence-electron chi connectivity index (χ0n) is 11.9. The maximum atomic E-state index is 9.54. The highest BCUT2D eigenvalue weighted by molar-refractivity contribution is 9.15. The van der Waals surface area contributed by atoms with Gasteiger partial charge in [0.1, 0.15) is 5.75 Å². The summed E-state index contributed by atoms with van der Waals surface area (Å²) in [6.07, 6.45) is 0. The van der Waals surface area contributed by atoms with Crippen LogP contribution in [0.5, 0.6) is 5.75 Å². The van der Waals surface area contributed by atoms with E-state index < -0.39 is 0 Å². The number of aromatic hydroxyl groups is 1. The Morgan fingerprint density at radius 2 is 1.05 bits per heavy atom. The van der Waals surface area contributed by atoms with Gasteiger partial charge < -0.3 is 5.11 Å². The Bertz CT molecular complexity index is 775. The lowest BCUT2D eigenvalue weighted by Crippen LogP contribution is -1.91. The maximum absolute atomic E-state index is 9.54. The number of hydrogen-bond acceptors (Lipinski definition) is 1. The zero-order chi connectivity index (χ0) is 15.4. The molecule has 0 radical (unpaired) electrons. The van der Waals surface area contributed by atoms with Crippen LogP contribution in [0.3, 0.4) is 0 Å². The van der Waals surface area contributed by atoms with Crippen molar-refractivity contribution in [2.45, 2.75) is 0 Å². The average molecular weight is 351 g/mol. The van der Waals surface area contributed by atoms with Crippen LogP contribution < -0.4 is 0 Å². The van der Waals surface area contributed by atoms with Crippen molar-refractivity contribution >= 4 is 26.0 Å². The summed E-state index contributed by atoms with van der Waals surface area (Å²) >= 11 is 3.76. The predicted molar refractivity (Wildman–Crippen MR) is 95.8 cm³/mol. The third-order valence-electron chi connectivity index (χ3n) is 3.47. The summed E-state index contributed by atoms with van der Waals surface area (Å²) in [6, 6.07) is 27.7. The fourth-order valence-corrected chi connectivity index (χ4v) is 3.10. The topological polar surface area (TPSA) is 20.2 Å². The van der Waals surface area contributed by atoms with Crippen molar-refractivity contribution in [3.63, 3.8) is 0 Å². The Kier molecular flexibility index (Phi) is 4.40. The second kappa shape index (κ2) is 6.63.